The number of carboxylic acid groups (broad SMARTS) is 1. The van der Waals surface area contributed by atoms with E-state index in [0.29, 0.717) is 23.4 Å². The normalized spacial score (nSPS) is 12.9. The molecule has 1 aliphatic rings. The third-order valence-corrected chi connectivity index (χ3v) is 6.34. The van der Waals surface area contributed by atoms with Crippen LogP contribution in [0.2, 0.25) is 0 Å². The number of pyridine rings is 1. The van der Waals surface area contributed by atoms with Crippen molar-refractivity contribution < 1.29 is 38.1 Å². The van der Waals surface area contributed by atoms with Crippen LogP contribution in [0.4, 0.5) is 31.2 Å². The quantitative estimate of drug-likeness (QED) is 0.217. The molecule has 0 spiro atoms. The average Bonchev–Trinajstić information content (AvgIpc) is 3.78. The summed E-state index contributed by atoms with van der Waals surface area (Å²) in [6, 6.07) is 22.8. The van der Waals surface area contributed by atoms with Crippen molar-refractivity contribution in [1.29, 1.82) is 0 Å². The fraction of sp³-hybridized carbons (Fsp3) is 0.100. The van der Waals surface area contributed by atoms with Crippen molar-refractivity contribution in [2.24, 2.45) is 5.41 Å². The molecule has 5 rings (SSSR count). The maximum absolute atomic E-state index is 14.9. The molecule has 0 bridgehead atoms. The molecule has 212 valence electrons. The van der Waals surface area contributed by atoms with Crippen molar-refractivity contribution in [2.45, 2.75) is 12.8 Å². The molecule has 12 heteroatoms. The molecule has 0 radical (unpaired) electrons. The number of anilines is 3. The van der Waals surface area contributed by atoms with Crippen LogP contribution in [0.25, 0.3) is 0 Å². The summed E-state index contributed by atoms with van der Waals surface area (Å²) < 4.78 is 25.7. The molecule has 1 heterocycles. The summed E-state index contributed by atoms with van der Waals surface area (Å²) in [7, 11) is 0. The SMILES string of the molecule is O=C(O)N(C(=O)Oc1ccccc1)c1cc(Oc2ccc(NC(=O)C3(C(=O)Nc4ccccc4)CC3)c(F)c2)ccn1. The number of imide groups is 1. The van der Waals surface area contributed by atoms with Gasteiger partial charge in [0.05, 0.1) is 5.69 Å². The maximum Gasteiger partial charge on any atom is 0.430 e. The number of benzene rings is 3. The number of aromatic nitrogens is 1. The van der Waals surface area contributed by atoms with E-state index in [-0.39, 0.29) is 28.8 Å². The summed E-state index contributed by atoms with van der Waals surface area (Å²) in [4.78, 5) is 54.2. The van der Waals surface area contributed by atoms with Crippen LogP contribution in [0.3, 0.4) is 0 Å². The Labute approximate surface area is 238 Å². The summed E-state index contributed by atoms with van der Waals surface area (Å²) in [5.41, 5.74) is -0.891. The molecule has 3 aromatic carbocycles. The monoisotopic (exact) mass is 570 g/mol. The molecule has 0 unspecified atom stereocenters. The molecular formula is C30H23FN4O7. The lowest BCUT2D eigenvalue weighted by atomic mass is 10.0. The van der Waals surface area contributed by atoms with Gasteiger partial charge in [0.2, 0.25) is 11.8 Å². The first-order valence-corrected chi connectivity index (χ1v) is 12.7. The van der Waals surface area contributed by atoms with Crippen molar-refractivity contribution in [3.05, 3.63) is 103 Å². The first-order valence-electron chi connectivity index (χ1n) is 12.7. The molecular weight excluding hydrogens is 547 g/mol. The van der Waals surface area contributed by atoms with Gasteiger partial charge in [0.15, 0.2) is 5.82 Å². The lowest BCUT2D eigenvalue weighted by Gasteiger charge is -2.17. The molecule has 4 amide bonds. The minimum atomic E-state index is -1.64. The van der Waals surface area contributed by atoms with E-state index in [2.05, 4.69) is 15.6 Å². The number of amides is 4. The average molecular weight is 571 g/mol. The van der Waals surface area contributed by atoms with E-state index in [1.165, 1.54) is 36.5 Å². The van der Waals surface area contributed by atoms with Crippen molar-refractivity contribution in [3.63, 3.8) is 0 Å². The number of rotatable bonds is 8. The van der Waals surface area contributed by atoms with Gasteiger partial charge < -0.3 is 25.2 Å². The zero-order valence-corrected chi connectivity index (χ0v) is 21.8. The molecule has 0 saturated heterocycles. The second kappa shape index (κ2) is 11.8. The van der Waals surface area contributed by atoms with E-state index < -0.39 is 35.2 Å². The van der Waals surface area contributed by atoms with E-state index in [0.717, 1.165) is 12.1 Å². The van der Waals surface area contributed by atoms with Crippen molar-refractivity contribution in [3.8, 4) is 17.2 Å². The Bertz CT molecular complexity index is 1650. The fourth-order valence-electron chi connectivity index (χ4n) is 3.98. The molecule has 3 N–H and O–H groups in total. The molecule has 11 nitrogen and oxygen atoms in total. The highest BCUT2D eigenvalue weighted by molar-refractivity contribution is 6.17. The number of hydrogen-bond acceptors (Lipinski definition) is 7. The number of para-hydroxylation sites is 2. The Hall–Kier alpha value is -5.78. The van der Waals surface area contributed by atoms with Gasteiger partial charge in [0.25, 0.3) is 0 Å². The van der Waals surface area contributed by atoms with Crippen LogP contribution >= 0.6 is 0 Å². The largest absolute Gasteiger partial charge is 0.464 e. The smallest absolute Gasteiger partial charge is 0.430 e. The summed E-state index contributed by atoms with van der Waals surface area (Å²) in [6.07, 6.45) is -0.988. The van der Waals surface area contributed by atoms with Crippen molar-refractivity contribution >= 4 is 41.2 Å². The third kappa shape index (κ3) is 6.17. The molecule has 0 aliphatic heterocycles. The highest BCUT2D eigenvalue weighted by Crippen LogP contribution is 2.47. The summed E-state index contributed by atoms with van der Waals surface area (Å²) >= 11 is 0. The van der Waals surface area contributed by atoms with Gasteiger partial charge in [-0.25, -0.2) is 19.0 Å². The van der Waals surface area contributed by atoms with E-state index >= 15 is 0 Å². The van der Waals surface area contributed by atoms with E-state index in [1.54, 1.807) is 48.5 Å². The Morgan fingerprint density at radius 1 is 0.810 bits per heavy atom. The first-order chi connectivity index (χ1) is 20.2. The predicted molar refractivity (Wildman–Crippen MR) is 149 cm³/mol. The minimum Gasteiger partial charge on any atom is -0.464 e. The number of carbonyl (C=O) groups excluding carboxylic acids is 3. The van der Waals surface area contributed by atoms with Gasteiger partial charge >= 0.3 is 12.2 Å². The molecule has 0 atom stereocenters. The Morgan fingerprint density at radius 2 is 1.45 bits per heavy atom. The van der Waals surface area contributed by atoms with Gasteiger partial charge in [-0.15, -0.1) is 0 Å². The van der Waals surface area contributed by atoms with Crippen LogP contribution in [0.1, 0.15) is 12.8 Å². The molecule has 4 aromatic rings. The van der Waals surface area contributed by atoms with Gasteiger partial charge in [0.1, 0.15) is 28.5 Å². The summed E-state index contributed by atoms with van der Waals surface area (Å²) in [5, 5.41) is 14.8. The number of hydrogen-bond donors (Lipinski definition) is 3. The van der Waals surface area contributed by atoms with E-state index in [9.17, 15) is 28.7 Å². The van der Waals surface area contributed by atoms with Gasteiger partial charge in [-0.05, 0) is 55.3 Å². The fourth-order valence-corrected chi connectivity index (χ4v) is 3.98. The van der Waals surface area contributed by atoms with Crippen LogP contribution in [-0.4, -0.2) is 34.1 Å². The number of nitrogens with zero attached hydrogens (tertiary/aromatic N) is 2. The van der Waals surface area contributed by atoms with Crippen LogP contribution in [0.15, 0.2) is 97.2 Å². The molecule has 42 heavy (non-hydrogen) atoms. The van der Waals surface area contributed by atoms with Crippen LogP contribution in [0, 0.1) is 11.2 Å². The summed E-state index contributed by atoms with van der Waals surface area (Å²) in [5.74, 6) is -2.04. The molecule has 1 aromatic heterocycles. The number of halogens is 1. The minimum absolute atomic E-state index is 0.0133. The number of nitrogens with one attached hydrogen (secondary N) is 2. The Morgan fingerprint density at radius 3 is 2.10 bits per heavy atom. The van der Waals surface area contributed by atoms with E-state index in [4.69, 9.17) is 9.47 Å². The zero-order chi connectivity index (χ0) is 29.7. The van der Waals surface area contributed by atoms with Crippen molar-refractivity contribution in [1.82, 2.24) is 4.98 Å². The van der Waals surface area contributed by atoms with Crippen LogP contribution in [0.5, 0.6) is 17.2 Å². The lowest BCUT2D eigenvalue weighted by molar-refractivity contribution is -0.131. The van der Waals surface area contributed by atoms with Crippen LogP contribution < -0.4 is 25.0 Å². The molecule has 1 saturated carbocycles. The standard InChI is InChI=1S/C30H23FN4O7/c31-23-17-21(11-12-24(23)34-27(37)30(14-15-30)26(36)33-19-7-3-1-4-8-19)41-22-13-16-32-25(18-22)35(28(38)39)29(40)42-20-9-5-2-6-10-20/h1-13,16-18H,14-15H2,(H,33,36)(H,34,37)(H,38,39). The maximum atomic E-state index is 14.9. The number of ether oxygens (including phenoxy) is 2. The highest BCUT2D eigenvalue weighted by Gasteiger charge is 2.56. The van der Waals surface area contributed by atoms with Gasteiger partial charge in [-0.1, -0.05) is 36.4 Å². The second-order valence-corrected chi connectivity index (χ2v) is 9.25. The topological polar surface area (TPSA) is 147 Å². The summed E-state index contributed by atoms with van der Waals surface area (Å²) in [6.45, 7) is 0. The first kappa shape index (κ1) is 27.8. The zero-order valence-electron chi connectivity index (χ0n) is 21.8. The van der Waals surface area contributed by atoms with Gasteiger partial charge in [-0.3, -0.25) is 9.59 Å². The van der Waals surface area contributed by atoms with Gasteiger partial charge in [0, 0.05) is 24.0 Å². The molecule has 1 fully saturated rings. The van der Waals surface area contributed by atoms with E-state index in [1.807, 2.05) is 0 Å². The molecule has 1 aliphatic carbocycles. The van der Waals surface area contributed by atoms with Crippen LogP contribution in [-0.2, 0) is 9.59 Å². The predicted octanol–water partition coefficient (Wildman–Crippen LogP) is 6.05. The van der Waals surface area contributed by atoms with Gasteiger partial charge in [-0.2, -0.15) is 4.90 Å². The Kier molecular flexibility index (Phi) is 7.78. The highest BCUT2D eigenvalue weighted by atomic mass is 19.1. The number of carbonyl (C=O) groups is 4. The lowest BCUT2D eigenvalue weighted by Crippen LogP contribution is -2.38. The Balaban J connectivity index is 1.25. The third-order valence-electron chi connectivity index (χ3n) is 6.34. The van der Waals surface area contributed by atoms with Crippen molar-refractivity contribution in [2.75, 3.05) is 15.5 Å². The second-order valence-electron chi connectivity index (χ2n) is 9.25.